The molecule has 0 aliphatic carbocycles. The molecule has 1 aliphatic rings. The second-order valence-electron chi connectivity index (χ2n) is 3.84. The average molecular weight is 269 g/mol. The van der Waals surface area contributed by atoms with Crippen LogP contribution in [-0.4, -0.2) is 45.4 Å². The molecule has 2 rings (SSSR count). The van der Waals surface area contributed by atoms with Crippen molar-refractivity contribution >= 4 is 22.1 Å². The molecule has 2 heterocycles. The normalized spacial score (nSPS) is 17.7. The van der Waals surface area contributed by atoms with Gasteiger partial charge in [0.2, 0.25) is 0 Å². The van der Waals surface area contributed by atoms with Crippen LogP contribution in [-0.2, 0) is 17.3 Å². The first-order valence-electron chi connectivity index (χ1n) is 5.53. The number of thiophene rings is 1. The monoisotopic (exact) mass is 269 g/mol. The van der Waals surface area contributed by atoms with Crippen molar-refractivity contribution in [2.45, 2.75) is 6.54 Å². The second-order valence-corrected chi connectivity index (χ2v) is 6.54. The lowest BCUT2D eigenvalue weighted by Gasteiger charge is -2.25. The van der Waals surface area contributed by atoms with Crippen LogP contribution in [0.4, 0.5) is 0 Å². The van der Waals surface area contributed by atoms with Crippen LogP contribution in [0.15, 0.2) is 11.4 Å². The zero-order chi connectivity index (χ0) is 12.1. The quantitative estimate of drug-likeness (QED) is 0.802. The van der Waals surface area contributed by atoms with E-state index in [1.165, 1.54) is 4.88 Å². The number of nitrogens with zero attached hydrogens (tertiary/aromatic N) is 1. The lowest BCUT2D eigenvalue weighted by Crippen LogP contribution is -2.37. The van der Waals surface area contributed by atoms with Crippen molar-refractivity contribution in [1.82, 2.24) is 4.90 Å². The zero-order valence-electron chi connectivity index (χ0n) is 9.52. The van der Waals surface area contributed by atoms with E-state index < -0.39 is 10.8 Å². The third-order valence-corrected chi connectivity index (χ3v) is 4.87. The summed E-state index contributed by atoms with van der Waals surface area (Å²) in [5.74, 6) is 7.21. The minimum absolute atomic E-state index is 0.0992. The van der Waals surface area contributed by atoms with Gasteiger partial charge in [0.15, 0.2) is 0 Å². The fraction of sp³-hybridized carbons (Fsp3) is 0.500. The molecule has 0 atom stereocenters. The third-order valence-electron chi connectivity index (χ3n) is 2.69. The molecule has 0 spiro atoms. The van der Waals surface area contributed by atoms with Crippen LogP contribution in [0.5, 0.6) is 0 Å². The highest BCUT2D eigenvalue weighted by molar-refractivity contribution is 7.85. The Labute approximate surface area is 108 Å². The van der Waals surface area contributed by atoms with Crippen molar-refractivity contribution in [2.75, 3.05) is 31.2 Å². The highest BCUT2D eigenvalue weighted by atomic mass is 32.2. The lowest BCUT2D eigenvalue weighted by molar-refractivity contribution is 0.294. The summed E-state index contributed by atoms with van der Waals surface area (Å²) in [7, 11) is -0.619. The number of rotatable bonds is 2. The molecule has 1 saturated heterocycles. The molecule has 0 saturated carbocycles. The van der Waals surface area contributed by atoms with Gasteiger partial charge in [-0.2, -0.15) is 0 Å². The summed E-state index contributed by atoms with van der Waals surface area (Å²) in [5, 5.41) is 10.7. The van der Waals surface area contributed by atoms with Crippen molar-refractivity contribution in [2.24, 2.45) is 0 Å². The van der Waals surface area contributed by atoms with Crippen molar-refractivity contribution < 1.29 is 9.32 Å². The Morgan fingerprint density at radius 1 is 1.47 bits per heavy atom. The predicted molar refractivity (Wildman–Crippen MR) is 71.4 cm³/mol. The van der Waals surface area contributed by atoms with Crippen molar-refractivity contribution in [3.05, 3.63) is 21.9 Å². The maximum atomic E-state index is 11.3. The van der Waals surface area contributed by atoms with E-state index in [0.29, 0.717) is 0 Å². The molecule has 0 aromatic carbocycles. The smallest absolute Gasteiger partial charge is 0.104 e. The van der Waals surface area contributed by atoms with Gasteiger partial charge in [-0.25, -0.2) is 0 Å². The van der Waals surface area contributed by atoms with Gasteiger partial charge in [-0.3, -0.25) is 9.11 Å². The Kier molecular flexibility index (Phi) is 4.75. The van der Waals surface area contributed by atoms with Gasteiger partial charge in [-0.05, 0) is 11.4 Å². The second kappa shape index (κ2) is 6.31. The van der Waals surface area contributed by atoms with Crippen LogP contribution < -0.4 is 0 Å². The van der Waals surface area contributed by atoms with E-state index >= 15 is 0 Å². The Hall–Kier alpha value is -0.670. The maximum absolute atomic E-state index is 11.3. The van der Waals surface area contributed by atoms with Gasteiger partial charge in [0, 0.05) is 52.4 Å². The van der Waals surface area contributed by atoms with E-state index in [4.69, 9.17) is 5.11 Å². The molecule has 0 amide bonds. The van der Waals surface area contributed by atoms with Crippen molar-refractivity contribution in [3.63, 3.8) is 0 Å². The van der Waals surface area contributed by atoms with E-state index in [-0.39, 0.29) is 6.61 Å². The summed E-state index contributed by atoms with van der Waals surface area (Å²) in [6.07, 6.45) is 0. The van der Waals surface area contributed by atoms with Crippen molar-refractivity contribution in [1.29, 1.82) is 0 Å². The van der Waals surface area contributed by atoms with E-state index in [1.807, 2.05) is 11.4 Å². The van der Waals surface area contributed by atoms with Gasteiger partial charge in [0.1, 0.15) is 6.61 Å². The molecule has 1 aliphatic heterocycles. The lowest BCUT2D eigenvalue weighted by atomic mass is 10.2. The molecule has 17 heavy (non-hydrogen) atoms. The van der Waals surface area contributed by atoms with Crippen LogP contribution in [0.2, 0.25) is 0 Å². The predicted octanol–water partition coefficient (Wildman–Crippen LogP) is 0.656. The molecule has 0 radical (unpaired) electrons. The summed E-state index contributed by atoms with van der Waals surface area (Å²) in [6.45, 7) is 2.58. The number of hydrogen-bond acceptors (Lipinski definition) is 4. The first-order chi connectivity index (χ1) is 8.29. The van der Waals surface area contributed by atoms with Gasteiger partial charge in [0.05, 0.1) is 0 Å². The largest absolute Gasteiger partial charge is 0.384 e. The summed E-state index contributed by atoms with van der Waals surface area (Å²) < 4.78 is 11.3. The van der Waals surface area contributed by atoms with Gasteiger partial charge in [0.25, 0.3) is 0 Å². The number of hydrogen-bond donors (Lipinski definition) is 1. The summed E-state index contributed by atoms with van der Waals surface area (Å²) in [5.41, 5.74) is 1.01. The van der Waals surface area contributed by atoms with Crippen LogP contribution in [0.1, 0.15) is 10.4 Å². The third kappa shape index (κ3) is 3.65. The van der Waals surface area contributed by atoms with E-state index in [0.717, 1.165) is 36.7 Å². The van der Waals surface area contributed by atoms with Crippen LogP contribution in [0, 0.1) is 11.8 Å². The number of aliphatic hydroxyl groups is 1. The summed E-state index contributed by atoms with van der Waals surface area (Å²) in [4.78, 5) is 3.55. The summed E-state index contributed by atoms with van der Waals surface area (Å²) >= 11 is 1.69. The number of aliphatic hydroxyl groups excluding tert-OH is 1. The average Bonchev–Trinajstić information content (AvgIpc) is 2.77. The molecule has 5 heteroatoms. The van der Waals surface area contributed by atoms with Crippen LogP contribution >= 0.6 is 11.3 Å². The van der Waals surface area contributed by atoms with Gasteiger partial charge in [-0.1, -0.05) is 11.8 Å². The first-order valence-corrected chi connectivity index (χ1v) is 7.90. The molecule has 1 aromatic heterocycles. The highest BCUT2D eigenvalue weighted by Crippen LogP contribution is 2.18. The first kappa shape index (κ1) is 12.8. The van der Waals surface area contributed by atoms with Crippen molar-refractivity contribution in [3.8, 4) is 11.8 Å². The summed E-state index contributed by atoms with van der Waals surface area (Å²) in [6, 6.07) is 1.99. The molecule has 1 aromatic rings. The zero-order valence-corrected chi connectivity index (χ0v) is 11.1. The standard InChI is InChI=1S/C12H15NO2S2/c14-6-1-2-11-3-7-16-12(11)10-13-4-8-17(15)9-5-13/h3,7,14H,4-6,8-10H2. The van der Waals surface area contributed by atoms with Crippen LogP contribution in [0.25, 0.3) is 0 Å². The Bertz CT molecular complexity index is 449. The van der Waals surface area contributed by atoms with E-state index in [9.17, 15) is 4.21 Å². The van der Waals surface area contributed by atoms with E-state index in [1.54, 1.807) is 11.3 Å². The topological polar surface area (TPSA) is 40.5 Å². The van der Waals surface area contributed by atoms with Gasteiger partial charge >= 0.3 is 0 Å². The molecule has 92 valence electrons. The van der Waals surface area contributed by atoms with E-state index in [2.05, 4.69) is 16.7 Å². The highest BCUT2D eigenvalue weighted by Gasteiger charge is 2.16. The Morgan fingerprint density at radius 3 is 2.94 bits per heavy atom. The molecular formula is C12H15NO2S2. The molecule has 1 N–H and O–H groups in total. The molecule has 0 unspecified atom stereocenters. The Balaban J connectivity index is 1.99. The minimum atomic E-state index is -0.619. The molecule has 0 bridgehead atoms. The van der Waals surface area contributed by atoms with Gasteiger partial charge in [-0.15, -0.1) is 11.3 Å². The fourth-order valence-electron chi connectivity index (χ4n) is 1.75. The van der Waals surface area contributed by atoms with Crippen LogP contribution in [0.3, 0.4) is 0 Å². The molecule has 3 nitrogen and oxygen atoms in total. The SMILES string of the molecule is O=S1CCN(Cc2sccc2C#CCO)CC1. The minimum Gasteiger partial charge on any atom is -0.384 e. The molecule has 1 fully saturated rings. The molecular weight excluding hydrogens is 254 g/mol. The van der Waals surface area contributed by atoms with Gasteiger partial charge < -0.3 is 5.11 Å². The Morgan fingerprint density at radius 2 is 2.24 bits per heavy atom. The fourth-order valence-corrected chi connectivity index (χ4v) is 3.75. The maximum Gasteiger partial charge on any atom is 0.104 e.